The van der Waals surface area contributed by atoms with Crippen LogP contribution in [0.2, 0.25) is 0 Å². The van der Waals surface area contributed by atoms with Gasteiger partial charge >= 0.3 is 0 Å². The van der Waals surface area contributed by atoms with Crippen molar-refractivity contribution >= 4 is 17.7 Å². The molecule has 25 heavy (non-hydrogen) atoms. The number of fused-ring (bicyclic) bond motifs is 1. The molecule has 5 nitrogen and oxygen atoms in total. The molecule has 2 aromatic rings. The maximum absolute atomic E-state index is 12.4. The highest BCUT2D eigenvalue weighted by Gasteiger charge is 2.19. The highest BCUT2D eigenvalue weighted by molar-refractivity contribution is 5.92. The van der Waals surface area contributed by atoms with Crippen LogP contribution in [0.3, 0.4) is 0 Å². The Balaban J connectivity index is 1.34. The van der Waals surface area contributed by atoms with E-state index in [4.69, 9.17) is 9.47 Å². The number of nitrogens with zero attached hydrogens (tertiary/aromatic N) is 2. The van der Waals surface area contributed by atoms with Crippen molar-refractivity contribution in [3.63, 3.8) is 0 Å². The van der Waals surface area contributed by atoms with Crippen LogP contribution >= 0.6 is 0 Å². The van der Waals surface area contributed by atoms with E-state index in [2.05, 4.69) is 17.0 Å². The van der Waals surface area contributed by atoms with Gasteiger partial charge < -0.3 is 19.3 Å². The topological polar surface area (TPSA) is 42.0 Å². The van der Waals surface area contributed by atoms with E-state index in [1.807, 2.05) is 47.4 Å². The fraction of sp³-hybridized carbons (Fsp3) is 0.250. The van der Waals surface area contributed by atoms with Crippen molar-refractivity contribution in [2.45, 2.75) is 0 Å². The number of para-hydroxylation sites is 1. The summed E-state index contributed by atoms with van der Waals surface area (Å²) in [5, 5.41) is 0. The summed E-state index contributed by atoms with van der Waals surface area (Å²) >= 11 is 0. The van der Waals surface area contributed by atoms with Gasteiger partial charge in [0.25, 0.3) is 0 Å². The van der Waals surface area contributed by atoms with E-state index in [0.29, 0.717) is 0 Å². The van der Waals surface area contributed by atoms with Crippen LogP contribution in [0.15, 0.2) is 54.6 Å². The Morgan fingerprint density at radius 3 is 2.48 bits per heavy atom. The zero-order valence-corrected chi connectivity index (χ0v) is 13.9. The van der Waals surface area contributed by atoms with E-state index in [0.717, 1.165) is 43.2 Å². The van der Waals surface area contributed by atoms with Crippen molar-refractivity contribution in [3.05, 3.63) is 60.2 Å². The van der Waals surface area contributed by atoms with Gasteiger partial charge in [-0.1, -0.05) is 24.3 Å². The van der Waals surface area contributed by atoms with E-state index in [-0.39, 0.29) is 12.7 Å². The van der Waals surface area contributed by atoms with Gasteiger partial charge in [0.1, 0.15) is 0 Å². The third-order valence-corrected chi connectivity index (χ3v) is 4.53. The van der Waals surface area contributed by atoms with Gasteiger partial charge in [0.05, 0.1) is 0 Å². The summed E-state index contributed by atoms with van der Waals surface area (Å²) in [7, 11) is 0. The molecule has 0 saturated carbocycles. The third-order valence-electron chi connectivity index (χ3n) is 4.53. The maximum Gasteiger partial charge on any atom is 0.246 e. The molecule has 1 amide bonds. The second-order valence-corrected chi connectivity index (χ2v) is 6.09. The van der Waals surface area contributed by atoms with Crippen molar-refractivity contribution in [2.75, 3.05) is 37.9 Å². The number of ether oxygens (including phenoxy) is 2. The average Bonchev–Trinajstić information content (AvgIpc) is 3.15. The molecule has 0 N–H and O–H groups in total. The lowest BCUT2D eigenvalue weighted by atomic mass is 10.2. The summed E-state index contributed by atoms with van der Waals surface area (Å²) in [6, 6.07) is 16.0. The quantitative estimate of drug-likeness (QED) is 0.809. The normalized spacial score (nSPS) is 16.5. The van der Waals surface area contributed by atoms with Crippen LogP contribution < -0.4 is 14.4 Å². The monoisotopic (exact) mass is 336 g/mol. The van der Waals surface area contributed by atoms with Gasteiger partial charge in [0.2, 0.25) is 12.7 Å². The molecule has 2 aliphatic heterocycles. The van der Waals surface area contributed by atoms with Crippen LogP contribution in [0.25, 0.3) is 6.08 Å². The number of hydrogen-bond acceptors (Lipinski definition) is 4. The van der Waals surface area contributed by atoms with Crippen LogP contribution in [-0.4, -0.2) is 43.8 Å². The zero-order valence-electron chi connectivity index (χ0n) is 13.9. The van der Waals surface area contributed by atoms with Gasteiger partial charge in [0.15, 0.2) is 11.5 Å². The van der Waals surface area contributed by atoms with Gasteiger partial charge in [-0.25, -0.2) is 0 Å². The molecule has 0 unspecified atom stereocenters. The Hall–Kier alpha value is -2.95. The fourth-order valence-electron chi connectivity index (χ4n) is 3.11. The first kappa shape index (κ1) is 15.6. The predicted molar refractivity (Wildman–Crippen MR) is 96.8 cm³/mol. The van der Waals surface area contributed by atoms with Gasteiger partial charge in [-0.05, 0) is 35.9 Å². The number of carbonyl (C=O) groups excluding carboxylic acids is 1. The second kappa shape index (κ2) is 6.89. The molecule has 1 saturated heterocycles. The fourth-order valence-corrected chi connectivity index (χ4v) is 3.11. The first-order chi connectivity index (χ1) is 12.3. The Morgan fingerprint density at radius 1 is 0.920 bits per heavy atom. The van der Waals surface area contributed by atoms with Crippen molar-refractivity contribution in [1.82, 2.24) is 4.90 Å². The van der Waals surface area contributed by atoms with E-state index < -0.39 is 0 Å². The number of benzene rings is 2. The number of carbonyl (C=O) groups is 1. The summed E-state index contributed by atoms with van der Waals surface area (Å²) in [5.41, 5.74) is 2.14. The Kier molecular flexibility index (Phi) is 4.29. The Labute approximate surface area is 147 Å². The van der Waals surface area contributed by atoms with Crippen molar-refractivity contribution in [1.29, 1.82) is 0 Å². The molecule has 2 heterocycles. The first-order valence-corrected chi connectivity index (χ1v) is 8.46. The van der Waals surface area contributed by atoms with Crippen LogP contribution in [0, 0.1) is 0 Å². The van der Waals surface area contributed by atoms with E-state index in [9.17, 15) is 4.79 Å². The zero-order chi connectivity index (χ0) is 17.1. The smallest absolute Gasteiger partial charge is 0.246 e. The molecular weight excluding hydrogens is 316 g/mol. The molecule has 5 heteroatoms. The minimum absolute atomic E-state index is 0.0466. The van der Waals surface area contributed by atoms with Crippen LogP contribution in [0.4, 0.5) is 5.69 Å². The number of piperazine rings is 1. The largest absolute Gasteiger partial charge is 0.454 e. The average molecular weight is 336 g/mol. The predicted octanol–water partition coefficient (Wildman–Crippen LogP) is 2.78. The van der Waals surface area contributed by atoms with Gasteiger partial charge in [0, 0.05) is 37.9 Å². The van der Waals surface area contributed by atoms with Crippen LogP contribution in [0.5, 0.6) is 11.5 Å². The Morgan fingerprint density at radius 2 is 1.68 bits per heavy atom. The molecule has 0 aromatic heterocycles. The van der Waals surface area contributed by atoms with E-state index >= 15 is 0 Å². The highest BCUT2D eigenvalue weighted by atomic mass is 16.7. The summed E-state index contributed by atoms with van der Waals surface area (Å²) < 4.78 is 10.7. The summed E-state index contributed by atoms with van der Waals surface area (Å²) in [6.45, 7) is 3.44. The molecule has 0 atom stereocenters. The number of rotatable bonds is 3. The lowest BCUT2D eigenvalue weighted by Gasteiger charge is -2.35. The van der Waals surface area contributed by atoms with Crippen LogP contribution in [0.1, 0.15) is 5.56 Å². The standard InChI is InChI=1S/C20H20N2O3/c23-20(9-7-16-6-8-18-19(14-16)25-15-24-18)22-12-10-21(11-13-22)17-4-2-1-3-5-17/h1-9,14H,10-13,15H2/b9-7-. The molecule has 0 radical (unpaired) electrons. The van der Waals surface area contributed by atoms with E-state index in [1.165, 1.54) is 5.69 Å². The molecule has 2 aliphatic rings. The molecule has 0 aliphatic carbocycles. The summed E-state index contributed by atoms with van der Waals surface area (Å²) in [4.78, 5) is 16.6. The van der Waals surface area contributed by atoms with Gasteiger partial charge in [-0.15, -0.1) is 0 Å². The molecular formula is C20H20N2O3. The lowest BCUT2D eigenvalue weighted by Crippen LogP contribution is -2.48. The molecule has 128 valence electrons. The summed E-state index contributed by atoms with van der Waals surface area (Å²) in [6.07, 6.45) is 3.46. The third kappa shape index (κ3) is 3.45. The first-order valence-electron chi connectivity index (χ1n) is 8.46. The Bertz CT molecular complexity index is 781. The SMILES string of the molecule is O=C(/C=C\c1ccc2c(c1)OCO2)N1CCN(c2ccccc2)CC1. The van der Waals surface area contributed by atoms with Crippen molar-refractivity contribution in [2.24, 2.45) is 0 Å². The minimum atomic E-state index is 0.0466. The maximum atomic E-state index is 12.4. The number of anilines is 1. The molecule has 1 fully saturated rings. The number of amides is 1. The molecule has 4 rings (SSSR count). The lowest BCUT2D eigenvalue weighted by molar-refractivity contribution is -0.126. The molecule has 0 bridgehead atoms. The number of hydrogen-bond donors (Lipinski definition) is 0. The second-order valence-electron chi connectivity index (χ2n) is 6.09. The van der Waals surface area contributed by atoms with Crippen molar-refractivity contribution < 1.29 is 14.3 Å². The van der Waals surface area contributed by atoms with Crippen molar-refractivity contribution in [3.8, 4) is 11.5 Å². The molecule has 0 spiro atoms. The molecule has 2 aromatic carbocycles. The summed E-state index contributed by atoms with van der Waals surface area (Å²) in [5.74, 6) is 1.52. The van der Waals surface area contributed by atoms with E-state index in [1.54, 1.807) is 6.08 Å². The highest BCUT2D eigenvalue weighted by Crippen LogP contribution is 2.32. The van der Waals surface area contributed by atoms with Crippen LogP contribution in [-0.2, 0) is 4.79 Å². The van der Waals surface area contributed by atoms with Gasteiger partial charge in [-0.3, -0.25) is 4.79 Å². The minimum Gasteiger partial charge on any atom is -0.454 e. The van der Waals surface area contributed by atoms with Gasteiger partial charge in [-0.2, -0.15) is 0 Å².